The van der Waals surface area contributed by atoms with Crippen LogP contribution in [0.5, 0.6) is 23.0 Å². The minimum Gasteiger partial charge on any atom is -0.457 e. The number of fused-ring (bicyclic) bond motifs is 4. The average Bonchev–Trinajstić information content (AvgIpc) is 3.18. The number of benzene rings is 7. The van der Waals surface area contributed by atoms with Crippen LogP contribution >= 0.6 is 0 Å². The van der Waals surface area contributed by atoms with Crippen molar-refractivity contribution in [3.05, 3.63) is 209 Å². The molecular formula is C45H29NO4. The number of anilines is 3. The Bertz CT molecular complexity index is 2170. The van der Waals surface area contributed by atoms with Gasteiger partial charge in [0.2, 0.25) is 0 Å². The zero-order chi connectivity index (χ0) is 33.6. The molecule has 0 amide bonds. The molecular weight excluding hydrogens is 618 g/mol. The van der Waals surface area contributed by atoms with Gasteiger partial charge in [0.1, 0.15) is 11.5 Å². The summed E-state index contributed by atoms with van der Waals surface area (Å²) in [7, 11) is 0. The summed E-state index contributed by atoms with van der Waals surface area (Å²) in [6.45, 7) is 0. The minimum atomic E-state index is -0.152. The molecule has 0 unspecified atom stereocenters. The first kappa shape index (κ1) is 29.4. The third-order valence-electron chi connectivity index (χ3n) is 9.39. The SMILES string of the molecule is O=C(c1ccc(C2c3ccccc3Oc3ccccc32)cc1)c1cccc(C(=O)c2ccc(N3c4ccccc4Oc4ccccc43)cc2)c1. The fourth-order valence-corrected chi connectivity index (χ4v) is 6.98. The summed E-state index contributed by atoms with van der Waals surface area (Å²) >= 11 is 0. The third kappa shape index (κ3) is 5.04. The van der Waals surface area contributed by atoms with E-state index in [0.29, 0.717) is 22.3 Å². The van der Waals surface area contributed by atoms with Gasteiger partial charge in [-0.05, 0) is 72.3 Å². The van der Waals surface area contributed by atoms with Crippen LogP contribution in [0.3, 0.4) is 0 Å². The number of para-hydroxylation sites is 6. The van der Waals surface area contributed by atoms with Gasteiger partial charge in [-0.3, -0.25) is 9.59 Å². The number of hydrogen-bond acceptors (Lipinski definition) is 5. The first-order valence-corrected chi connectivity index (χ1v) is 16.5. The number of carbonyl (C=O) groups is 2. The van der Waals surface area contributed by atoms with E-state index in [0.717, 1.165) is 56.8 Å². The van der Waals surface area contributed by atoms with E-state index in [2.05, 4.69) is 17.0 Å². The van der Waals surface area contributed by atoms with Crippen molar-refractivity contribution in [1.82, 2.24) is 0 Å². The van der Waals surface area contributed by atoms with E-state index >= 15 is 0 Å². The van der Waals surface area contributed by atoms with Crippen LogP contribution < -0.4 is 14.4 Å². The molecule has 0 spiro atoms. The molecule has 2 aliphatic heterocycles. The van der Waals surface area contributed by atoms with Crippen LogP contribution in [0, 0.1) is 0 Å². The highest BCUT2D eigenvalue weighted by Crippen LogP contribution is 2.50. The third-order valence-corrected chi connectivity index (χ3v) is 9.39. The second kappa shape index (κ2) is 12.1. The monoisotopic (exact) mass is 647 g/mol. The molecule has 0 aromatic heterocycles. The lowest BCUT2D eigenvalue weighted by Crippen LogP contribution is -2.15. The van der Waals surface area contributed by atoms with Crippen molar-refractivity contribution >= 4 is 28.6 Å². The molecule has 7 aromatic rings. The number of rotatable bonds is 6. The molecule has 0 fully saturated rings. The quantitative estimate of drug-likeness (QED) is 0.168. The number of nitrogens with zero attached hydrogens (tertiary/aromatic N) is 1. The van der Waals surface area contributed by atoms with Gasteiger partial charge >= 0.3 is 0 Å². The molecule has 5 heteroatoms. The Morgan fingerprint density at radius 1 is 0.420 bits per heavy atom. The minimum absolute atomic E-state index is 0.0135. The van der Waals surface area contributed by atoms with Crippen molar-refractivity contribution in [3.63, 3.8) is 0 Å². The predicted molar refractivity (Wildman–Crippen MR) is 195 cm³/mol. The molecule has 0 aliphatic carbocycles. The van der Waals surface area contributed by atoms with Crippen molar-refractivity contribution in [2.24, 2.45) is 0 Å². The topological polar surface area (TPSA) is 55.8 Å². The van der Waals surface area contributed by atoms with Gasteiger partial charge in [-0.2, -0.15) is 0 Å². The lowest BCUT2D eigenvalue weighted by atomic mass is 9.82. The van der Waals surface area contributed by atoms with E-state index in [9.17, 15) is 9.59 Å². The summed E-state index contributed by atoms with van der Waals surface area (Å²) in [5.74, 6) is 2.90. The van der Waals surface area contributed by atoms with Gasteiger partial charge in [-0.15, -0.1) is 0 Å². The second-order valence-corrected chi connectivity index (χ2v) is 12.4. The molecule has 0 N–H and O–H groups in total. The molecule has 7 aromatic carbocycles. The van der Waals surface area contributed by atoms with Crippen LogP contribution in [0.15, 0.2) is 170 Å². The molecule has 50 heavy (non-hydrogen) atoms. The highest BCUT2D eigenvalue weighted by atomic mass is 16.5. The molecule has 5 nitrogen and oxygen atoms in total. The van der Waals surface area contributed by atoms with Crippen molar-refractivity contribution in [2.75, 3.05) is 4.90 Å². The summed E-state index contributed by atoms with van der Waals surface area (Å²) in [4.78, 5) is 29.6. The maximum Gasteiger partial charge on any atom is 0.193 e. The first-order chi connectivity index (χ1) is 24.6. The van der Waals surface area contributed by atoms with Crippen LogP contribution in [-0.2, 0) is 0 Å². The average molecular weight is 648 g/mol. The molecule has 2 heterocycles. The van der Waals surface area contributed by atoms with E-state index < -0.39 is 0 Å². The molecule has 0 atom stereocenters. The molecule has 0 saturated heterocycles. The Kier molecular flexibility index (Phi) is 7.10. The zero-order valence-electron chi connectivity index (χ0n) is 26.8. The summed E-state index contributed by atoms with van der Waals surface area (Å²) < 4.78 is 12.3. The van der Waals surface area contributed by atoms with Gasteiger partial charge in [-0.1, -0.05) is 103 Å². The maximum atomic E-state index is 13.7. The van der Waals surface area contributed by atoms with Gasteiger partial charge in [0.15, 0.2) is 23.1 Å². The molecule has 0 bridgehead atoms. The van der Waals surface area contributed by atoms with Crippen LogP contribution in [0.4, 0.5) is 17.1 Å². The Morgan fingerprint density at radius 3 is 1.40 bits per heavy atom. The van der Waals surface area contributed by atoms with Crippen molar-refractivity contribution in [1.29, 1.82) is 0 Å². The molecule has 9 rings (SSSR count). The molecule has 0 radical (unpaired) electrons. The highest BCUT2D eigenvalue weighted by molar-refractivity contribution is 6.13. The lowest BCUT2D eigenvalue weighted by molar-refractivity contribution is 0.103. The van der Waals surface area contributed by atoms with E-state index in [4.69, 9.17) is 9.47 Å². The van der Waals surface area contributed by atoms with Crippen molar-refractivity contribution in [3.8, 4) is 23.0 Å². The first-order valence-electron chi connectivity index (χ1n) is 16.5. The Labute approximate surface area is 289 Å². The predicted octanol–water partition coefficient (Wildman–Crippen LogP) is 11.0. The zero-order valence-corrected chi connectivity index (χ0v) is 26.8. The second-order valence-electron chi connectivity index (χ2n) is 12.4. The number of hydrogen-bond donors (Lipinski definition) is 0. The van der Waals surface area contributed by atoms with E-state index in [1.807, 2.05) is 133 Å². The Hall–Kier alpha value is -6.72. The highest BCUT2D eigenvalue weighted by Gasteiger charge is 2.29. The van der Waals surface area contributed by atoms with E-state index in [1.165, 1.54) is 0 Å². The van der Waals surface area contributed by atoms with E-state index in [-0.39, 0.29) is 17.5 Å². The summed E-state index contributed by atoms with van der Waals surface area (Å²) in [6.07, 6.45) is 0. The largest absolute Gasteiger partial charge is 0.457 e. The Morgan fingerprint density at radius 2 is 0.860 bits per heavy atom. The van der Waals surface area contributed by atoms with Crippen molar-refractivity contribution in [2.45, 2.75) is 5.92 Å². The fraction of sp³-hybridized carbons (Fsp3) is 0.0222. The molecule has 2 aliphatic rings. The summed E-state index contributed by atoms with van der Waals surface area (Å²) in [6, 6.07) is 54.2. The van der Waals surface area contributed by atoms with Gasteiger partial charge in [0.05, 0.1) is 11.4 Å². The fourth-order valence-electron chi connectivity index (χ4n) is 6.98. The maximum absolute atomic E-state index is 13.7. The van der Waals surface area contributed by atoms with Crippen LogP contribution in [-0.4, -0.2) is 11.6 Å². The summed E-state index contributed by atoms with van der Waals surface area (Å²) in [5.41, 5.74) is 8.01. The Balaban J connectivity index is 0.969. The van der Waals surface area contributed by atoms with Gasteiger partial charge < -0.3 is 14.4 Å². The van der Waals surface area contributed by atoms with Gasteiger partial charge in [0, 0.05) is 45.0 Å². The molecule has 0 saturated carbocycles. The number of ketones is 2. The standard InChI is InChI=1S/C45H29NO4/c47-44(30-22-20-29(21-23-30)43-35-12-1-5-16-39(35)49-40-17-6-2-13-36(40)43)32-10-9-11-33(28-32)45(48)31-24-26-34(27-25-31)46-37-14-3-7-18-41(37)50-42-19-8-4-15-38(42)46/h1-28,43H. The van der Waals surface area contributed by atoms with Gasteiger partial charge in [0.25, 0.3) is 0 Å². The van der Waals surface area contributed by atoms with Crippen LogP contribution in [0.2, 0.25) is 0 Å². The smallest absolute Gasteiger partial charge is 0.193 e. The molecule has 238 valence electrons. The van der Waals surface area contributed by atoms with Crippen molar-refractivity contribution < 1.29 is 19.1 Å². The van der Waals surface area contributed by atoms with Gasteiger partial charge in [-0.25, -0.2) is 0 Å². The van der Waals surface area contributed by atoms with Crippen LogP contribution in [0.1, 0.15) is 54.5 Å². The summed E-state index contributed by atoms with van der Waals surface area (Å²) in [5, 5.41) is 0. The number of carbonyl (C=O) groups excluding carboxylic acids is 2. The van der Waals surface area contributed by atoms with E-state index in [1.54, 1.807) is 24.3 Å². The van der Waals surface area contributed by atoms with Crippen LogP contribution in [0.25, 0.3) is 0 Å². The normalized spacial score (nSPS) is 12.8. The lowest BCUT2D eigenvalue weighted by Gasteiger charge is -2.32. The number of ether oxygens (including phenoxy) is 2.